The average molecular weight is 311 g/mol. The molecule has 0 unspecified atom stereocenters. The summed E-state index contributed by atoms with van der Waals surface area (Å²) < 4.78 is 32.1. The molecule has 1 aliphatic heterocycles. The summed E-state index contributed by atoms with van der Waals surface area (Å²) in [6.45, 7) is 2.87. The molecule has 0 saturated carbocycles. The van der Waals surface area contributed by atoms with Crippen molar-refractivity contribution in [1.82, 2.24) is 9.29 Å². The fraction of sp³-hybridized carbons (Fsp3) is 0.700. The third-order valence-electron chi connectivity index (χ3n) is 3.05. The van der Waals surface area contributed by atoms with Crippen LogP contribution in [0.1, 0.15) is 18.5 Å². The molecule has 8 heteroatoms. The van der Waals surface area contributed by atoms with E-state index in [1.54, 1.807) is 14.0 Å². The highest BCUT2D eigenvalue weighted by atomic mass is 35.5. The van der Waals surface area contributed by atoms with Gasteiger partial charge in [-0.1, -0.05) is 22.9 Å². The van der Waals surface area contributed by atoms with Crippen molar-refractivity contribution >= 4 is 33.0 Å². The molecule has 0 N–H and O–H groups in total. The molecule has 1 aliphatic rings. The van der Waals surface area contributed by atoms with Gasteiger partial charge in [0.15, 0.2) is 8.68 Å². The van der Waals surface area contributed by atoms with Crippen LogP contribution in [0.5, 0.6) is 0 Å². The van der Waals surface area contributed by atoms with Gasteiger partial charge in [-0.15, -0.1) is 0 Å². The van der Waals surface area contributed by atoms with E-state index in [-0.39, 0.29) is 14.7 Å². The zero-order valence-corrected chi connectivity index (χ0v) is 12.6. The van der Waals surface area contributed by atoms with Crippen molar-refractivity contribution in [2.45, 2.75) is 30.0 Å². The largest absolute Gasteiger partial charge is 0.381 e. The van der Waals surface area contributed by atoms with Crippen LogP contribution in [-0.4, -0.2) is 44.0 Å². The number of aromatic nitrogens is 1. The first-order valence-electron chi connectivity index (χ1n) is 5.61. The van der Waals surface area contributed by atoms with Crippen LogP contribution >= 0.6 is 22.9 Å². The van der Waals surface area contributed by atoms with Crippen LogP contribution in [0.4, 0.5) is 0 Å². The molecule has 102 valence electrons. The van der Waals surface area contributed by atoms with Crippen LogP contribution in [0.2, 0.25) is 4.47 Å². The summed E-state index contributed by atoms with van der Waals surface area (Å²) >= 11 is 6.77. The zero-order chi connectivity index (χ0) is 13.3. The smallest absolute Gasteiger partial charge is 0.254 e. The van der Waals surface area contributed by atoms with E-state index in [0.717, 1.165) is 24.2 Å². The molecule has 2 rings (SSSR count). The summed E-state index contributed by atoms with van der Waals surface area (Å²) in [7, 11) is -1.89. The summed E-state index contributed by atoms with van der Waals surface area (Å²) in [4.78, 5) is 3.96. The second-order valence-corrected chi connectivity index (χ2v) is 7.98. The Morgan fingerprint density at radius 1 is 1.44 bits per heavy atom. The molecule has 0 bridgehead atoms. The number of rotatable bonds is 3. The topological polar surface area (TPSA) is 59.5 Å². The van der Waals surface area contributed by atoms with Crippen molar-refractivity contribution in [3.05, 3.63) is 10.2 Å². The van der Waals surface area contributed by atoms with Crippen LogP contribution in [-0.2, 0) is 14.8 Å². The van der Waals surface area contributed by atoms with Gasteiger partial charge in [-0.25, -0.2) is 13.4 Å². The maximum absolute atomic E-state index is 12.5. The number of hydrogen-bond acceptors (Lipinski definition) is 5. The molecule has 0 spiro atoms. The second-order valence-electron chi connectivity index (χ2n) is 4.20. The van der Waals surface area contributed by atoms with Crippen LogP contribution in [0.25, 0.3) is 0 Å². The van der Waals surface area contributed by atoms with E-state index in [9.17, 15) is 8.42 Å². The third kappa shape index (κ3) is 2.70. The van der Waals surface area contributed by atoms with Crippen LogP contribution in [0.3, 0.4) is 0 Å². The van der Waals surface area contributed by atoms with E-state index in [4.69, 9.17) is 16.3 Å². The maximum Gasteiger partial charge on any atom is 0.254 e. The first-order chi connectivity index (χ1) is 8.43. The number of sulfonamides is 1. The van der Waals surface area contributed by atoms with E-state index in [0.29, 0.717) is 18.9 Å². The molecular formula is C10H15ClN2O3S2. The van der Waals surface area contributed by atoms with E-state index < -0.39 is 10.0 Å². The average Bonchev–Trinajstić information content (AvgIpc) is 2.69. The fourth-order valence-electron chi connectivity index (χ4n) is 1.97. The first-order valence-corrected chi connectivity index (χ1v) is 8.25. The van der Waals surface area contributed by atoms with E-state index in [1.807, 2.05) is 0 Å². The quantitative estimate of drug-likeness (QED) is 0.855. The van der Waals surface area contributed by atoms with Gasteiger partial charge in [-0.05, 0) is 19.8 Å². The number of nitrogens with zero attached hydrogens (tertiary/aromatic N) is 2. The van der Waals surface area contributed by atoms with E-state index in [1.165, 1.54) is 4.31 Å². The molecule has 0 aliphatic carbocycles. The Hall–Kier alpha value is -0.210. The zero-order valence-electron chi connectivity index (χ0n) is 10.2. The van der Waals surface area contributed by atoms with Gasteiger partial charge in [0.05, 0.1) is 5.69 Å². The number of hydrogen-bond donors (Lipinski definition) is 0. The van der Waals surface area contributed by atoms with Crippen molar-refractivity contribution in [3.63, 3.8) is 0 Å². The molecule has 0 atom stereocenters. The SMILES string of the molecule is Cc1nc(Cl)sc1S(=O)(=O)N(C)C1CCOCC1. The molecule has 2 heterocycles. The molecule has 0 amide bonds. The fourth-order valence-corrected chi connectivity index (χ4v) is 5.28. The summed E-state index contributed by atoms with van der Waals surface area (Å²) in [6.07, 6.45) is 1.45. The lowest BCUT2D eigenvalue weighted by atomic mass is 10.1. The van der Waals surface area contributed by atoms with Gasteiger partial charge in [-0.3, -0.25) is 0 Å². The minimum Gasteiger partial charge on any atom is -0.381 e. The highest BCUT2D eigenvalue weighted by molar-refractivity contribution is 7.91. The lowest BCUT2D eigenvalue weighted by molar-refractivity contribution is 0.0632. The number of halogens is 1. The Morgan fingerprint density at radius 2 is 2.06 bits per heavy atom. The van der Waals surface area contributed by atoms with Gasteiger partial charge in [0, 0.05) is 26.3 Å². The summed E-state index contributed by atoms with van der Waals surface area (Å²) in [6, 6.07) is -0.0102. The summed E-state index contributed by atoms with van der Waals surface area (Å²) in [5.41, 5.74) is 0.462. The van der Waals surface area contributed by atoms with Gasteiger partial charge in [-0.2, -0.15) is 4.31 Å². The first kappa shape index (κ1) is 14.2. The van der Waals surface area contributed by atoms with Crippen molar-refractivity contribution in [2.75, 3.05) is 20.3 Å². The van der Waals surface area contributed by atoms with Crippen LogP contribution in [0.15, 0.2) is 4.21 Å². The van der Waals surface area contributed by atoms with Crippen LogP contribution in [0, 0.1) is 6.92 Å². The van der Waals surface area contributed by atoms with Crippen molar-refractivity contribution in [1.29, 1.82) is 0 Å². The Bertz CT molecular complexity index is 523. The number of thiazole rings is 1. The summed E-state index contributed by atoms with van der Waals surface area (Å²) in [5, 5.41) is 0. The van der Waals surface area contributed by atoms with Gasteiger partial charge in [0.1, 0.15) is 0 Å². The number of aryl methyl sites for hydroxylation is 1. The molecular weight excluding hydrogens is 296 g/mol. The molecule has 1 aromatic rings. The van der Waals surface area contributed by atoms with Gasteiger partial charge in [0.2, 0.25) is 0 Å². The predicted molar refractivity (Wildman–Crippen MR) is 70.7 cm³/mol. The van der Waals surface area contributed by atoms with Gasteiger partial charge in [0.25, 0.3) is 10.0 Å². The second kappa shape index (κ2) is 5.42. The lowest BCUT2D eigenvalue weighted by Gasteiger charge is -2.30. The van der Waals surface area contributed by atoms with E-state index >= 15 is 0 Å². The van der Waals surface area contributed by atoms with Crippen molar-refractivity contribution in [3.8, 4) is 0 Å². The Balaban J connectivity index is 2.27. The molecule has 0 radical (unpaired) electrons. The lowest BCUT2D eigenvalue weighted by Crippen LogP contribution is -2.40. The Morgan fingerprint density at radius 3 is 2.56 bits per heavy atom. The minimum absolute atomic E-state index is 0.0102. The molecule has 5 nitrogen and oxygen atoms in total. The van der Waals surface area contributed by atoms with Gasteiger partial charge < -0.3 is 4.74 Å². The normalized spacial score (nSPS) is 18.4. The molecule has 0 aromatic carbocycles. The highest BCUT2D eigenvalue weighted by Crippen LogP contribution is 2.30. The van der Waals surface area contributed by atoms with Crippen LogP contribution < -0.4 is 0 Å². The highest BCUT2D eigenvalue weighted by Gasteiger charge is 2.32. The molecule has 1 saturated heterocycles. The van der Waals surface area contributed by atoms with Crippen molar-refractivity contribution in [2.24, 2.45) is 0 Å². The summed E-state index contributed by atoms with van der Waals surface area (Å²) in [5.74, 6) is 0. The number of ether oxygens (including phenoxy) is 1. The molecule has 18 heavy (non-hydrogen) atoms. The standard InChI is InChI=1S/C10H15ClN2O3S2/c1-7-9(17-10(11)12-7)18(14,15)13(2)8-3-5-16-6-4-8/h8H,3-6H2,1-2H3. The Kier molecular flexibility index (Phi) is 4.28. The maximum atomic E-state index is 12.5. The van der Waals surface area contributed by atoms with E-state index in [2.05, 4.69) is 4.98 Å². The molecule has 1 fully saturated rings. The third-order valence-corrected chi connectivity index (χ3v) is 6.81. The van der Waals surface area contributed by atoms with Crippen molar-refractivity contribution < 1.29 is 13.2 Å². The van der Waals surface area contributed by atoms with Gasteiger partial charge >= 0.3 is 0 Å². The Labute approximate surface area is 116 Å². The molecule has 1 aromatic heterocycles. The predicted octanol–water partition coefficient (Wildman–Crippen LogP) is 1.90. The minimum atomic E-state index is -3.50. The monoisotopic (exact) mass is 310 g/mol.